The van der Waals surface area contributed by atoms with Crippen molar-refractivity contribution < 1.29 is 40.7 Å². The average Bonchev–Trinajstić information content (AvgIpc) is 3.08. The van der Waals surface area contributed by atoms with Gasteiger partial charge in [-0.15, -0.1) is 0 Å². The number of hydrogen-bond acceptors (Lipinski definition) is 3. The second-order valence-corrected chi connectivity index (χ2v) is 5.99. The topological polar surface area (TPSA) is 49.9 Å². The highest BCUT2D eigenvalue weighted by atomic mass is 19.4. The molecule has 0 spiro atoms. The summed E-state index contributed by atoms with van der Waals surface area (Å²) < 4.78 is 83.2. The summed E-state index contributed by atoms with van der Waals surface area (Å²) in [6, 6.07) is 8.65. The number of methoxy groups -OCH3 is 1. The van der Waals surface area contributed by atoms with Gasteiger partial charge >= 0.3 is 24.2 Å². The molecule has 0 saturated carbocycles. The maximum absolute atomic E-state index is 13.0. The van der Waals surface area contributed by atoms with Crippen molar-refractivity contribution in [2.45, 2.75) is 18.5 Å². The fourth-order valence-corrected chi connectivity index (χ4v) is 3.09. The summed E-state index contributed by atoms with van der Waals surface area (Å²) in [5.74, 6) is -4.50. The maximum atomic E-state index is 13.0. The molecule has 2 aromatic carbocycles. The Hall–Kier alpha value is -3.24. The van der Waals surface area contributed by atoms with E-state index in [9.17, 15) is 35.9 Å². The second-order valence-electron chi connectivity index (χ2n) is 5.99. The summed E-state index contributed by atoms with van der Waals surface area (Å²) in [4.78, 5) is 23.8. The SMILES string of the molecule is COc1ccc(C2N(C(=O)C(F)(F)F)C=CN2C(=O)C(F)(F)F)c2ccccc12. The first-order valence-electron chi connectivity index (χ1n) is 7.99. The number of hydrogen-bond donors (Lipinski definition) is 0. The lowest BCUT2D eigenvalue weighted by Gasteiger charge is -2.32. The van der Waals surface area contributed by atoms with Crippen LogP contribution in [0.5, 0.6) is 5.75 Å². The molecule has 0 radical (unpaired) electrons. The van der Waals surface area contributed by atoms with E-state index in [-0.39, 0.29) is 20.7 Å². The van der Waals surface area contributed by atoms with Gasteiger partial charge in [0.1, 0.15) is 11.9 Å². The number of amides is 2. The van der Waals surface area contributed by atoms with Crippen LogP contribution >= 0.6 is 0 Å². The number of halogens is 6. The number of benzene rings is 2. The third kappa shape index (κ3) is 3.59. The molecule has 5 nitrogen and oxygen atoms in total. The van der Waals surface area contributed by atoms with E-state index < -0.39 is 30.3 Å². The van der Waals surface area contributed by atoms with Gasteiger partial charge in [-0.1, -0.05) is 30.3 Å². The van der Waals surface area contributed by atoms with Crippen molar-refractivity contribution in [3.8, 4) is 5.75 Å². The Morgan fingerprint density at radius 2 is 1.31 bits per heavy atom. The van der Waals surface area contributed by atoms with E-state index in [1.165, 1.54) is 31.4 Å². The van der Waals surface area contributed by atoms with Gasteiger partial charge in [0, 0.05) is 23.3 Å². The molecule has 0 N–H and O–H groups in total. The third-order valence-corrected chi connectivity index (χ3v) is 4.28. The van der Waals surface area contributed by atoms with Crippen molar-refractivity contribution in [1.29, 1.82) is 0 Å². The third-order valence-electron chi connectivity index (χ3n) is 4.28. The van der Waals surface area contributed by atoms with Gasteiger partial charge in [-0.2, -0.15) is 26.3 Å². The first-order chi connectivity index (χ1) is 13.5. The van der Waals surface area contributed by atoms with Crippen molar-refractivity contribution in [3.05, 3.63) is 54.4 Å². The van der Waals surface area contributed by atoms with Crippen molar-refractivity contribution >= 4 is 22.6 Å². The highest BCUT2D eigenvalue weighted by molar-refractivity contribution is 5.94. The van der Waals surface area contributed by atoms with Crippen molar-refractivity contribution in [2.75, 3.05) is 7.11 Å². The molecule has 2 aromatic rings. The number of nitrogens with zero attached hydrogens (tertiary/aromatic N) is 2. The molecule has 0 atom stereocenters. The van der Waals surface area contributed by atoms with Crippen LogP contribution in [-0.2, 0) is 9.59 Å². The summed E-state index contributed by atoms with van der Waals surface area (Å²) in [7, 11) is 1.34. The lowest BCUT2D eigenvalue weighted by atomic mass is 10.0. The average molecular weight is 418 g/mol. The van der Waals surface area contributed by atoms with Crippen LogP contribution < -0.4 is 4.74 Å². The van der Waals surface area contributed by atoms with E-state index >= 15 is 0 Å². The number of carbonyl (C=O) groups is 2. The van der Waals surface area contributed by atoms with Crippen molar-refractivity contribution in [1.82, 2.24) is 9.80 Å². The molecule has 11 heteroatoms. The lowest BCUT2D eigenvalue weighted by Crippen LogP contribution is -2.46. The van der Waals surface area contributed by atoms with E-state index in [0.29, 0.717) is 23.5 Å². The molecule has 0 unspecified atom stereocenters. The zero-order chi connectivity index (χ0) is 21.6. The van der Waals surface area contributed by atoms with Crippen LogP contribution in [-0.4, -0.2) is 41.1 Å². The quantitative estimate of drug-likeness (QED) is 0.690. The predicted octanol–water partition coefficient (Wildman–Crippen LogP) is 4.11. The van der Waals surface area contributed by atoms with Crippen LogP contribution in [0.15, 0.2) is 48.8 Å². The predicted molar refractivity (Wildman–Crippen MR) is 88.2 cm³/mol. The molecule has 154 valence electrons. The monoisotopic (exact) mass is 418 g/mol. The summed E-state index contributed by atoms with van der Waals surface area (Å²) in [6.45, 7) is 0. The molecule has 1 aliphatic heterocycles. The number of alkyl halides is 6. The molecule has 0 aliphatic carbocycles. The van der Waals surface area contributed by atoms with Gasteiger partial charge in [0.05, 0.1) is 7.11 Å². The van der Waals surface area contributed by atoms with E-state index in [1.807, 2.05) is 0 Å². The van der Waals surface area contributed by atoms with Gasteiger partial charge in [0.15, 0.2) is 0 Å². The number of carbonyl (C=O) groups excluding carboxylic acids is 2. The van der Waals surface area contributed by atoms with Gasteiger partial charge in [-0.25, -0.2) is 0 Å². The van der Waals surface area contributed by atoms with Crippen LogP contribution in [0.2, 0.25) is 0 Å². The maximum Gasteiger partial charge on any atom is 0.471 e. The Morgan fingerprint density at radius 1 is 0.828 bits per heavy atom. The molecular weight excluding hydrogens is 406 g/mol. The van der Waals surface area contributed by atoms with Gasteiger partial charge in [0.2, 0.25) is 0 Å². The molecule has 3 rings (SSSR count). The molecule has 2 amide bonds. The highest BCUT2D eigenvalue weighted by Crippen LogP contribution is 2.41. The molecule has 29 heavy (non-hydrogen) atoms. The first kappa shape index (κ1) is 20.5. The summed E-state index contributed by atoms with van der Waals surface area (Å²) in [5.41, 5.74) is -0.110. The van der Waals surface area contributed by atoms with Gasteiger partial charge in [-0.3, -0.25) is 19.4 Å². The smallest absolute Gasteiger partial charge is 0.471 e. The van der Waals surface area contributed by atoms with Gasteiger partial charge in [0.25, 0.3) is 0 Å². The molecule has 0 bridgehead atoms. The number of ether oxygens (including phenoxy) is 1. The fraction of sp³-hybridized carbons (Fsp3) is 0.222. The normalized spacial score (nSPS) is 15.3. The van der Waals surface area contributed by atoms with Crippen LogP contribution in [0, 0.1) is 0 Å². The van der Waals surface area contributed by atoms with Crippen molar-refractivity contribution in [3.63, 3.8) is 0 Å². The summed E-state index contributed by atoms with van der Waals surface area (Å²) in [5, 5.41) is 0.610. The molecule has 0 aromatic heterocycles. The minimum atomic E-state index is -5.36. The van der Waals surface area contributed by atoms with Crippen molar-refractivity contribution in [2.24, 2.45) is 0 Å². The van der Waals surface area contributed by atoms with E-state index in [0.717, 1.165) is 0 Å². The Bertz CT molecular complexity index is 963. The van der Waals surface area contributed by atoms with E-state index in [4.69, 9.17) is 4.74 Å². The zero-order valence-corrected chi connectivity index (χ0v) is 14.6. The molecule has 0 fully saturated rings. The van der Waals surface area contributed by atoms with Crippen LogP contribution in [0.4, 0.5) is 26.3 Å². The summed E-state index contributed by atoms with van der Waals surface area (Å²) >= 11 is 0. The Balaban J connectivity index is 2.21. The highest BCUT2D eigenvalue weighted by Gasteiger charge is 2.52. The van der Waals surface area contributed by atoms with Gasteiger partial charge < -0.3 is 4.74 Å². The molecule has 1 heterocycles. The zero-order valence-electron chi connectivity index (χ0n) is 14.6. The second kappa shape index (κ2) is 6.98. The Morgan fingerprint density at radius 3 is 1.76 bits per heavy atom. The van der Waals surface area contributed by atoms with Crippen LogP contribution in [0.25, 0.3) is 10.8 Å². The number of rotatable bonds is 2. The molecule has 0 saturated heterocycles. The molecular formula is C18H12F6N2O3. The van der Waals surface area contributed by atoms with Crippen LogP contribution in [0.1, 0.15) is 11.7 Å². The first-order valence-corrected chi connectivity index (χ1v) is 7.99. The largest absolute Gasteiger partial charge is 0.496 e. The van der Waals surface area contributed by atoms with E-state index in [2.05, 4.69) is 0 Å². The summed E-state index contributed by atoms with van der Waals surface area (Å²) in [6.07, 6.45) is -11.7. The van der Waals surface area contributed by atoms with E-state index in [1.54, 1.807) is 12.1 Å². The van der Waals surface area contributed by atoms with Gasteiger partial charge in [-0.05, 0) is 11.5 Å². The number of fused-ring (bicyclic) bond motifs is 1. The minimum Gasteiger partial charge on any atom is -0.496 e. The lowest BCUT2D eigenvalue weighted by molar-refractivity contribution is -0.193. The standard InChI is InChI=1S/C18H12F6N2O3/c1-29-13-7-6-12(10-4-2-3-5-11(10)13)14-25(15(27)17(19,20)21)8-9-26(14)16(28)18(22,23)24/h2-9,14H,1H3. The Labute approximate surface area is 159 Å². The minimum absolute atomic E-state index is 0.0535. The fourth-order valence-electron chi connectivity index (χ4n) is 3.09. The Kier molecular flexibility index (Phi) is 4.93. The molecule has 1 aliphatic rings. The van der Waals surface area contributed by atoms with Crippen LogP contribution in [0.3, 0.4) is 0 Å².